The van der Waals surface area contributed by atoms with E-state index in [1.165, 1.54) is 0 Å². The monoisotopic (exact) mass is 382 g/mol. The number of aromatic nitrogens is 1. The molecule has 5 rings (SSSR count). The number of benzene rings is 3. The predicted molar refractivity (Wildman–Crippen MR) is 110 cm³/mol. The van der Waals surface area contributed by atoms with Crippen molar-refractivity contribution in [1.82, 2.24) is 10.3 Å². The Morgan fingerprint density at radius 1 is 0.897 bits per heavy atom. The van der Waals surface area contributed by atoms with Gasteiger partial charge in [-0.1, -0.05) is 42.5 Å². The van der Waals surface area contributed by atoms with Crippen LogP contribution >= 0.6 is 0 Å². The topological polar surface area (TPSA) is 60.5 Å². The number of carbonyl (C=O) groups excluding carboxylic acids is 1. The molecule has 5 nitrogen and oxygen atoms in total. The van der Waals surface area contributed by atoms with Crippen LogP contribution in [0.2, 0.25) is 0 Å². The minimum atomic E-state index is -0.442. The van der Waals surface area contributed by atoms with Crippen LogP contribution in [-0.4, -0.2) is 10.9 Å². The molecule has 0 fully saturated rings. The minimum absolute atomic E-state index is 0.129. The van der Waals surface area contributed by atoms with E-state index in [0.717, 1.165) is 22.0 Å². The lowest BCUT2D eigenvalue weighted by Gasteiger charge is -2.09. The fourth-order valence-electron chi connectivity index (χ4n) is 3.35. The van der Waals surface area contributed by atoms with Gasteiger partial charge >= 0.3 is 0 Å². The Kier molecular flexibility index (Phi) is 4.33. The van der Waals surface area contributed by atoms with Gasteiger partial charge in [0.2, 0.25) is 0 Å². The average Bonchev–Trinajstić information content (AvgIpc) is 3.21. The normalized spacial score (nSPS) is 14.7. The molecule has 0 radical (unpaired) electrons. The molecule has 1 amide bonds. The van der Waals surface area contributed by atoms with E-state index in [2.05, 4.69) is 10.3 Å². The van der Waals surface area contributed by atoms with Gasteiger partial charge in [-0.25, -0.2) is 0 Å². The van der Waals surface area contributed by atoms with E-state index in [1.54, 1.807) is 12.3 Å². The summed E-state index contributed by atoms with van der Waals surface area (Å²) in [5.41, 5.74) is 3.38. The van der Waals surface area contributed by atoms with E-state index >= 15 is 0 Å². The number of ether oxygens (including phenoxy) is 2. The van der Waals surface area contributed by atoms with E-state index in [-0.39, 0.29) is 5.91 Å². The first-order valence-corrected chi connectivity index (χ1v) is 9.40. The second-order valence-electron chi connectivity index (χ2n) is 6.85. The SMILES string of the molecule is O=C(NCc1ccc2c(c1)OC(c1ccccc1)O2)c1ccc2ncccc2c1. The molecule has 0 bridgehead atoms. The van der Waals surface area contributed by atoms with Gasteiger partial charge in [-0.15, -0.1) is 0 Å². The Balaban J connectivity index is 1.27. The average molecular weight is 382 g/mol. The third kappa shape index (κ3) is 3.50. The summed E-state index contributed by atoms with van der Waals surface area (Å²) in [5, 5.41) is 3.90. The van der Waals surface area contributed by atoms with Gasteiger partial charge in [0.25, 0.3) is 12.2 Å². The second kappa shape index (κ2) is 7.28. The van der Waals surface area contributed by atoms with Crippen molar-refractivity contribution in [3.63, 3.8) is 0 Å². The first kappa shape index (κ1) is 17.3. The summed E-state index contributed by atoms with van der Waals surface area (Å²) in [6, 6.07) is 24.8. The smallest absolute Gasteiger partial charge is 0.267 e. The number of amides is 1. The standard InChI is InChI=1S/C24H18N2O3/c27-23(19-9-10-20-18(14-19)7-4-12-25-20)26-15-16-8-11-21-22(13-16)29-24(28-21)17-5-2-1-3-6-17/h1-14,24H,15H2,(H,26,27). The molecule has 0 aliphatic carbocycles. The van der Waals surface area contributed by atoms with Crippen LogP contribution in [-0.2, 0) is 6.54 Å². The zero-order valence-corrected chi connectivity index (χ0v) is 15.5. The number of pyridine rings is 1. The largest absolute Gasteiger partial charge is 0.447 e. The fourth-order valence-corrected chi connectivity index (χ4v) is 3.35. The number of rotatable bonds is 4. The van der Waals surface area contributed by atoms with Crippen LogP contribution in [0.4, 0.5) is 0 Å². The number of carbonyl (C=O) groups is 1. The first-order valence-electron chi connectivity index (χ1n) is 9.40. The number of nitrogens with one attached hydrogen (secondary N) is 1. The summed E-state index contributed by atoms with van der Waals surface area (Å²) in [6.45, 7) is 0.399. The molecule has 4 aromatic rings. The molecule has 1 unspecified atom stereocenters. The second-order valence-corrected chi connectivity index (χ2v) is 6.85. The maximum absolute atomic E-state index is 12.5. The Hall–Kier alpha value is -3.86. The third-order valence-corrected chi connectivity index (χ3v) is 4.87. The number of hydrogen-bond acceptors (Lipinski definition) is 4. The van der Waals surface area contributed by atoms with Gasteiger partial charge in [-0.05, 0) is 42.0 Å². The van der Waals surface area contributed by atoms with E-state index in [4.69, 9.17) is 9.47 Å². The van der Waals surface area contributed by atoms with E-state index < -0.39 is 6.29 Å². The zero-order chi connectivity index (χ0) is 19.6. The lowest BCUT2D eigenvalue weighted by Crippen LogP contribution is -2.22. The van der Waals surface area contributed by atoms with Crippen LogP contribution < -0.4 is 14.8 Å². The lowest BCUT2D eigenvalue weighted by atomic mass is 10.1. The molecule has 1 atom stereocenters. The maximum atomic E-state index is 12.5. The van der Waals surface area contributed by atoms with Gasteiger partial charge in [0.1, 0.15) is 0 Å². The fraction of sp³-hybridized carbons (Fsp3) is 0.0833. The molecule has 142 valence electrons. The van der Waals surface area contributed by atoms with Crippen LogP contribution in [0.1, 0.15) is 27.8 Å². The van der Waals surface area contributed by atoms with Gasteiger partial charge in [0, 0.05) is 29.3 Å². The Labute approximate surface area is 167 Å². The minimum Gasteiger partial charge on any atom is -0.447 e. The molecule has 1 aliphatic rings. The Morgan fingerprint density at radius 3 is 2.66 bits per heavy atom. The Morgan fingerprint density at radius 2 is 1.76 bits per heavy atom. The summed E-state index contributed by atoms with van der Waals surface area (Å²) in [7, 11) is 0. The van der Waals surface area contributed by atoms with Gasteiger partial charge in [0.05, 0.1) is 5.52 Å². The van der Waals surface area contributed by atoms with Crippen LogP contribution in [0.5, 0.6) is 11.5 Å². The number of fused-ring (bicyclic) bond motifs is 2. The van der Waals surface area contributed by atoms with Gasteiger partial charge < -0.3 is 14.8 Å². The molecule has 1 N–H and O–H groups in total. The van der Waals surface area contributed by atoms with Crippen molar-refractivity contribution < 1.29 is 14.3 Å². The molecule has 3 aromatic carbocycles. The molecule has 0 saturated heterocycles. The molecule has 5 heteroatoms. The van der Waals surface area contributed by atoms with Crippen LogP contribution in [0, 0.1) is 0 Å². The lowest BCUT2D eigenvalue weighted by molar-refractivity contribution is 0.0487. The Bertz CT molecular complexity index is 1190. The summed E-state index contributed by atoms with van der Waals surface area (Å²) < 4.78 is 11.8. The highest BCUT2D eigenvalue weighted by Gasteiger charge is 2.25. The van der Waals surface area contributed by atoms with Crippen molar-refractivity contribution in [2.45, 2.75) is 12.8 Å². The predicted octanol–water partition coefficient (Wildman–Crippen LogP) is 4.63. The van der Waals surface area contributed by atoms with Gasteiger partial charge in [-0.2, -0.15) is 0 Å². The molecular weight excluding hydrogens is 364 g/mol. The summed E-state index contributed by atoms with van der Waals surface area (Å²) in [5.74, 6) is 1.26. The third-order valence-electron chi connectivity index (χ3n) is 4.87. The van der Waals surface area contributed by atoms with Gasteiger partial charge in [-0.3, -0.25) is 9.78 Å². The quantitative estimate of drug-likeness (QED) is 0.559. The van der Waals surface area contributed by atoms with E-state index in [9.17, 15) is 4.79 Å². The highest BCUT2D eigenvalue weighted by atomic mass is 16.7. The van der Waals surface area contributed by atoms with E-state index in [1.807, 2.05) is 72.8 Å². The van der Waals surface area contributed by atoms with Gasteiger partial charge in [0.15, 0.2) is 11.5 Å². The van der Waals surface area contributed by atoms with E-state index in [0.29, 0.717) is 23.6 Å². The highest BCUT2D eigenvalue weighted by molar-refractivity contribution is 5.97. The van der Waals surface area contributed by atoms with Crippen LogP contribution in [0.3, 0.4) is 0 Å². The molecule has 0 spiro atoms. The van der Waals surface area contributed by atoms with Crippen LogP contribution in [0.15, 0.2) is 85.1 Å². The summed E-state index contributed by atoms with van der Waals surface area (Å²) in [4.78, 5) is 16.8. The first-order chi connectivity index (χ1) is 14.3. The van der Waals surface area contributed by atoms with Crippen molar-refractivity contribution in [3.8, 4) is 11.5 Å². The molecule has 0 saturated carbocycles. The van der Waals surface area contributed by atoms with Crippen molar-refractivity contribution in [3.05, 3.63) is 102 Å². The maximum Gasteiger partial charge on any atom is 0.267 e. The molecule has 2 heterocycles. The molecule has 1 aliphatic heterocycles. The molecule has 1 aromatic heterocycles. The van der Waals surface area contributed by atoms with Crippen molar-refractivity contribution in [1.29, 1.82) is 0 Å². The summed E-state index contributed by atoms with van der Waals surface area (Å²) >= 11 is 0. The molecular formula is C24H18N2O3. The van der Waals surface area contributed by atoms with Crippen molar-refractivity contribution >= 4 is 16.8 Å². The number of hydrogen-bond donors (Lipinski definition) is 1. The number of nitrogens with zero attached hydrogens (tertiary/aromatic N) is 1. The van der Waals surface area contributed by atoms with Crippen LogP contribution in [0.25, 0.3) is 10.9 Å². The molecule has 29 heavy (non-hydrogen) atoms. The summed E-state index contributed by atoms with van der Waals surface area (Å²) in [6.07, 6.45) is 1.30. The highest BCUT2D eigenvalue weighted by Crippen LogP contribution is 2.40. The van der Waals surface area contributed by atoms with Crippen molar-refractivity contribution in [2.75, 3.05) is 0 Å². The van der Waals surface area contributed by atoms with Crippen molar-refractivity contribution in [2.24, 2.45) is 0 Å². The zero-order valence-electron chi connectivity index (χ0n) is 15.5.